The van der Waals surface area contributed by atoms with Gasteiger partial charge in [-0.3, -0.25) is 0 Å². The van der Waals surface area contributed by atoms with Crippen molar-refractivity contribution in [2.24, 2.45) is 5.41 Å². The number of esters is 2. The van der Waals surface area contributed by atoms with E-state index in [4.69, 9.17) is 18.9 Å². The molecule has 1 aliphatic heterocycles. The number of benzene rings is 3. The van der Waals surface area contributed by atoms with Crippen LogP contribution in [-0.2, 0) is 25.6 Å². The van der Waals surface area contributed by atoms with E-state index in [0.29, 0.717) is 17.7 Å². The number of ether oxygens (including phenoxy) is 4. The lowest BCUT2D eigenvalue weighted by Crippen LogP contribution is -2.42. The zero-order valence-corrected chi connectivity index (χ0v) is 19.5. The quantitative estimate of drug-likeness (QED) is 0.315. The van der Waals surface area contributed by atoms with E-state index in [2.05, 4.69) is 6.58 Å². The first-order valence-electron chi connectivity index (χ1n) is 11.4. The molecule has 1 fully saturated rings. The van der Waals surface area contributed by atoms with Crippen LogP contribution in [0.1, 0.15) is 33.2 Å². The van der Waals surface area contributed by atoms with Crippen LogP contribution in [0.5, 0.6) is 0 Å². The van der Waals surface area contributed by atoms with Crippen molar-refractivity contribution in [2.45, 2.75) is 32.0 Å². The van der Waals surface area contributed by atoms with Crippen LogP contribution in [-0.4, -0.2) is 37.0 Å². The van der Waals surface area contributed by atoms with Crippen molar-refractivity contribution in [1.29, 1.82) is 0 Å². The standard InChI is InChI=1S/C29H28O6/c1-3-29(2)25(34-26(30)22-15-9-5-10-16-22)24(20-32-19-21-13-7-4-8-14-21)33-28(29)35-27(31)23-17-11-6-12-18-23/h3-18,24-25,28H,1,19-20H2,2H3/t24-,25-,28?,29-/m1/s1. The normalized spacial score (nSPS) is 23.4. The molecular weight excluding hydrogens is 444 g/mol. The lowest BCUT2D eigenvalue weighted by atomic mass is 9.83. The Kier molecular flexibility index (Phi) is 7.75. The molecule has 0 bridgehead atoms. The summed E-state index contributed by atoms with van der Waals surface area (Å²) in [7, 11) is 0. The summed E-state index contributed by atoms with van der Waals surface area (Å²) in [5, 5.41) is 0. The molecule has 6 heteroatoms. The fourth-order valence-electron chi connectivity index (χ4n) is 3.97. The Morgan fingerprint density at radius 2 is 1.37 bits per heavy atom. The molecule has 0 amide bonds. The molecule has 0 N–H and O–H groups in total. The Morgan fingerprint density at radius 1 is 0.857 bits per heavy atom. The van der Waals surface area contributed by atoms with Crippen molar-refractivity contribution in [3.05, 3.63) is 120 Å². The summed E-state index contributed by atoms with van der Waals surface area (Å²) in [5.41, 5.74) is 0.800. The van der Waals surface area contributed by atoms with Gasteiger partial charge in [0.05, 0.1) is 29.8 Å². The molecule has 0 spiro atoms. The molecule has 0 aromatic heterocycles. The van der Waals surface area contributed by atoms with Crippen LogP contribution in [0.2, 0.25) is 0 Å². The zero-order valence-electron chi connectivity index (χ0n) is 19.5. The van der Waals surface area contributed by atoms with Gasteiger partial charge in [0.2, 0.25) is 6.29 Å². The van der Waals surface area contributed by atoms with E-state index >= 15 is 0 Å². The van der Waals surface area contributed by atoms with Gasteiger partial charge in [0.1, 0.15) is 12.2 Å². The smallest absolute Gasteiger partial charge is 0.340 e. The lowest BCUT2D eigenvalue weighted by molar-refractivity contribution is -0.139. The molecule has 0 saturated carbocycles. The highest BCUT2D eigenvalue weighted by Crippen LogP contribution is 2.43. The first kappa shape index (κ1) is 24.4. The van der Waals surface area contributed by atoms with Crippen LogP contribution in [0.3, 0.4) is 0 Å². The average molecular weight is 473 g/mol. The van der Waals surface area contributed by atoms with Crippen molar-refractivity contribution < 1.29 is 28.5 Å². The van der Waals surface area contributed by atoms with Crippen LogP contribution in [0.4, 0.5) is 0 Å². The number of rotatable bonds is 9. The van der Waals surface area contributed by atoms with Crippen molar-refractivity contribution in [2.75, 3.05) is 6.61 Å². The summed E-state index contributed by atoms with van der Waals surface area (Å²) in [6, 6.07) is 27.1. The molecule has 0 aliphatic carbocycles. The van der Waals surface area contributed by atoms with Crippen LogP contribution >= 0.6 is 0 Å². The van der Waals surface area contributed by atoms with Gasteiger partial charge in [0.15, 0.2) is 0 Å². The van der Waals surface area contributed by atoms with Gasteiger partial charge >= 0.3 is 11.9 Å². The highest BCUT2D eigenvalue weighted by atomic mass is 16.7. The van der Waals surface area contributed by atoms with Crippen molar-refractivity contribution in [3.63, 3.8) is 0 Å². The zero-order chi connectivity index (χ0) is 24.7. The molecule has 3 aromatic carbocycles. The molecule has 0 radical (unpaired) electrons. The van der Waals surface area contributed by atoms with E-state index < -0.39 is 35.9 Å². The number of hydrogen-bond acceptors (Lipinski definition) is 6. The third-order valence-electron chi connectivity index (χ3n) is 6.06. The van der Waals surface area contributed by atoms with Crippen LogP contribution in [0.25, 0.3) is 0 Å². The van der Waals surface area contributed by atoms with Crippen LogP contribution < -0.4 is 0 Å². The minimum absolute atomic E-state index is 0.129. The summed E-state index contributed by atoms with van der Waals surface area (Å²) in [4.78, 5) is 25.7. The number of carbonyl (C=O) groups is 2. The third-order valence-corrected chi connectivity index (χ3v) is 6.06. The Bertz CT molecular complexity index is 1130. The van der Waals surface area contributed by atoms with Gasteiger partial charge in [0, 0.05) is 0 Å². The first-order valence-corrected chi connectivity index (χ1v) is 11.4. The molecule has 1 saturated heterocycles. The Balaban J connectivity index is 1.54. The second-order valence-electron chi connectivity index (χ2n) is 8.54. The molecule has 6 nitrogen and oxygen atoms in total. The first-order chi connectivity index (χ1) is 17.0. The van der Waals surface area contributed by atoms with Crippen molar-refractivity contribution >= 4 is 11.9 Å². The van der Waals surface area contributed by atoms with Gasteiger partial charge in [-0.1, -0.05) is 72.8 Å². The maximum absolute atomic E-state index is 12.9. The topological polar surface area (TPSA) is 71.1 Å². The van der Waals surface area contributed by atoms with E-state index in [0.717, 1.165) is 5.56 Å². The van der Waals surface area contributed by atoms with Gasteiger partial charge in [-0.05, 0) is 36.8 Å². The van der Waals surface area contributed by atoms with Gasteiger partial charge < -0.3 is 18.9 Å². The summed E-state index contributed by atoms with van der Waals surface area (Å²) < 4.78 is 23.7. The third kappa shape index (κ3) is 5.67. The van der Waals surface area contributed by atoms with E-state index in [1.54, 1.807) is 61.5 Å². The van der Waals surface area contributed by atoms with E-state index in [-0.39, 0.29) is 6.61 Å². The number of hydrogen-bond donors (Lipinski definition) is 0. The Labute approximate surface area is 205 Å². The van der Waals surface area contributed by atoms with E-state index in [1.165, 1.54) is 0 Å². The summed E-state index contributed by atoms with van der Waals surface area (Å²) in [5.74, 6) is -1.04. The predicted octanol–water partition coefficient (Wildman–Crippen LogP) is 5.20. The minimum atomic E-state index is -1.02. The number of carbonyl (C=O) groups excluding carboxylic acids is 2. The minimum Gasteiger partial charge on any atom is -0.455 e. The van der Waals surface area contributed by atoms with E-state index in [9.17, 15) is 9.59 Å². The molecule has 3 aromatic rings. The highest BCUT2D eigenvalue weighted by Gasteiger charge is 2.56. The molecule has 1 heterocycles. The molecular formula is C29H28O6. The van der Waals surface area contributed by atoms with Crippen LogP contribution in [0.15, 0.2) is 104 Å². The van der Waals surface area contributed by atoms with Crippen molar-refractivity contribution in [3.8, 4) is 0 Å². The Morgan fingerprint density at radius 3 is 1.91 bits per heavy atom. The lowest BCUT2D eigenvalue weighted by Gasteiger charge is -2.31. The van der Waals surface area contributed by atoms with Gasteiger partial charge in [-0.2, -0.15) is 0 Å². The van der Waals surface area contributed by atoms with Gasteiger partial charge in [-0.25, -0.2) is 9.59 Å². The second kappa shape index (κ2) is 11.1. The van der Waals surface area contributed by atoms with Crippen molar-refractivity contribution in [1.82, 2.24) is 0 Å². The molecule has 1 unspecified atom stereocenters. The summed E-state index contributed by atoms with van der Waals surface area (Å²) in [6.07, 6.45) is -0.887. The summed E-state index contributed by atoms with van der Waals surface area (Å²) in [6.45, 7) is 6.22. The van der Waals surface area contributed by atoms with Gasteiger partial charge in [-0.15, -0.1) is 6.58 Å². The maximum atomic E-state index is 12.9. The average Bonchev–Trinajstić information content (AvgIpc) is 3.16. The molecule has 4 atom stereocenters. The fraction of sp³-hybridized carbons (Fsp3) is 0.241. The monoisotopic (exact) mass is 472 g/mol. The van der Waals surface area contributed by atoms with E-state index in [1.807, 2.05) is 42.5 Å². The predicted molar refractivity (Wildman–Crippen MR) is 131 cm³/mol. The summed E-state index contributed by atoms with van der Waals surface area (Å²) >= 11 is 0. The maximum Gasteiger partial charge on any atom is 0.340 e. The molecule has 4 rings (SSSR count). The molecule has 1 aliphatic rings. The second-order valence-corrected chi connectivity index (χ2v) is 8.54. The van der Waals surface area contributed by atoms with Gasteiger partial charge in [0.25, 0.3) is 0 Å². The SMILES string of the molecule is C=C[C@@]1(C)C(OC(=O)c2ccccc2)O[C@H](COCc2ccccc2)[C@H]1OC(=O)c1ccccc1. The Hall–Kier alpha value is -3.74. The largest absolute Gasteiger partial charge is 0.455 e. The fourth-order valence-corrected chi connectivity index (χ4v) is 3.97. The highest BCUT2D eigenvalue weighted by molar-refractivity contribution is 5.90. The van der Waals surface area contributed by atoms with Crippen LogP contribution in [0, 0.1) is 5.41 Å². The molecule has 35 heavy (non-hydrogen) atoms. The molecule has 180 valence electrons.